The van der Waals surface area contributed by atoms with Crippen LogP contribution in [0.2, 0.25) is 0 Å². The number of ether oxygens (including phenoxy) is 1. The highest BCUT2D eigenvalue weighted by atomic mass is 16.5. The van der Waals surface area contributed by atoms with Crippen LogP contribution < -0.4 is 15.0 Å². The van der Waals surface area contributed by atoms with Crippen LogP contribution in [0.25, 0.3) is 0 Å². The summed E-state index contributed by atoms with van der Waals surface area (Å²) in [4.78, 5) is 14.3. The Balaban J connectivity index is 1.59. The molecule has 0 atom stereocenters. The lowest BCUT2D eigenvalue weighted by molar-refractivity contribution is -0.116. The zero-order valence-electron chi connectivity index (χ0n) is 13.4. The summed E-state index contributed by atoms with van der Waals surface area (Å²) in [5.74, 6) is 0.922. The van der Waals surface area contributed by atoms with Gasteiger partial charge in [0.2, 0.25) is 5.91 Å². The third-order valence-electron chi connectivity index (χ3n) is 3.94. The van der Waals surface area contributed by atoms with Gasteiger partial charge in [-0.1, -0.05) is 31.2 Å². The molecule has 120 valence electrons. The van der Waals surface area contributed by atoms with E-state index in [-0.39, 0.29) is 12.5 Å². The minimum atomic E-state index is 0.0924. The smallest absolute Gasteiger partial charge is 0.246 e. The largest absolute Gasteiger partial charge is 0.494 e. The highest BCUT2D eigenvalue weighted by Crippen LogP contribution is 2.27. The molecule has 0 spiro atoms. The van der Waals surface area contributed by atoms with E-state index in [9.17, 15) is 4.79 Å². The van der Waals surface area contributed by atoms with Gasteiger partial charge in [0, 0.05) is 24.0 Å². The Hall–Kier alpha value is -2.49. The molecule has 2 aromatic carbocycles. The predicted molar refractivity (Wildman–Crippen MR) is 93.2 cm³/mol. The molecule has 0 radical (unpaired) electrons. The van der Waals surface area contributed by atoms with E-state index in [1.54, 1.807) is 0 Å². The van der Waals surface area contributed by atoms with Crippen molar-refractivity contribution in [1.29, 1.82) is 0 Å². The van der Waals surface area contributed by atoms with Crippen molar-refractivity contribution in [3.05, 3.63) is 54.1 Å². The molecule has 1 amide bonds. The maximum Gasteiger partial charge on any atom is 0.246 e. The normalized spacial score (nSPS) is 12.8. The lowest BCUT2D eigenvalue weighted by atomic mass is 10.2. The van der Waals surface area contributed by atoms with Crippen LogP contribution >= 0.6 is 0 Å². The summed E-state index contributed by atoms with van der Waals surface area (Å²) in [5.41, 5.74) is 3.19. The average Bonchev–Trinajstić information content (AvgIpc) is 3.02. The number of anilines is 2. The van der Waals surface area contributed by atoms with Crippen LogP contribution in [0.15, 0.2) is 48.5 Å². The second-order valence-corrected chi connectivity index (χ2v) is 5.65. The first-order valence-electron chi connectivity index (χ1n) is 8.13. The molecule has 1 N–H and O–H groups in total. The Kier molecular flexibility index (Phi) is 4.81. The molecule has 0 bridgehead atoms. The van der Waals surface area contributed by atoms with Gasteiger partial charge in [0.15, 0.2) is 0 Å². The van der Waals surface area contributed by atoms with Crippen molar-refractivity contribution in [3.63, 3.8) is 0 Å². The first-order valence-corrected chi connectivity index (χ1v) is 8.13. The number of amides is 1. The van der Waals surface area contributed by atoms with Gasteiger partial charge in [0.1, 0.15) is 5.75 Å². The maximum absolute atomic E-state index is 12.5. The summed E-state index contributed by atoms with van der Waals surface area (Å²) >= 11 is 0. The summed E-state index contributed by atoms with van der Waals surface area (Å²) in [6.07, 6.45) is 1.91. The zero-order valence-corrected chi connectivity index (χ0v) is 13.4. The van der Waals surface area contributed by atoms with Gasteiger partial charge in [0.25, 0.3) is 0 Å². The van der Waals surface area contributed by atoms with Crippen LogP contribution in [0, 0.1) is 0 Å². The molecule has 0 saturated carbocycles. The first-order chi connectivity index (χ1) is 11.3. The van der Waals surface area contributed by atoms with E-state index in [0.717, 1.165) is 36.5 Å². The number of fused-ring (bicyclic) bond motifs is 1. The Morgan fingerprint density at radius 3 is 2.96 bits per heavy atom. The second kappa shape index (κ2) is 7.18. The van der Waals surface area contributed by atoms with E-state index in [0.29, 0.717) is 6.61 Å². The average molecular weight is 310 g/mol. The van der Waals surface area contributed by atoms with Gasteiger partial charge in [-0.3, -0.25) is 4.79 Å². The zero-order chi connectivity index (χ0) is 16.1. The lowest BCUT2D eigenvalue weighted by Crippen LogP contribution is -2.34. The van der Waals surface area contributed by atoms with Crippen molar-refractivity contribution in [2.75, 3.05) is 29.9 Å². The fourth-order valence-electron chi connectivity index (χ4n) is 2.79. The molecule has 0 aliphatic carbocycles. The number of para-hydroxylation sites is 1. The maximum atomic E-state index is 12.5. The van der Waals surface area contributed by atoms with Crippen molar-refractivity contribution >= 4 is 17.3 Å². The number of nitrogens with zero attached hydrogens (tertiary/aromatic N) is 1. The van der Waals surface area contributed by atoms with Crippen molar-refractivity contribution in [2.24, 2.45) is 0 Å². The van der Waals surface area contributed by atoms with E-state index in [4.69, 9.17) is 4.74 Å². The minimum absolute atomic E-state index is 0.0924. The monoisotopic (exact) mass is 310 g/mol. The number of hydrogen-bond donors (Lipinski definition) is 1. The SMILES string of the molecule is CCCOc1cccc(NCC(=O)N2CCc3ccccc32)c1. The molecule has 0 saturated heterocycles. The quantitative estimate of drug-likeness (QED) is 0.888. The number of rotatable bonds is 6. The van der Waals surface area contributed by atoms with E-state index >= 15 is 0 Å². The van der Waals surface area contributed by atoms with Gasteiger partial charge >= 0.3 is 0 Å². The van der Waals surface area contributed by atoms with Gasteiger partial charge in [-0.25, -0.2) is 0 Å². The lowest BCUT2D eigenvalue weighted by Gasteiger charge is -2.18. The molecule has 0 fully saturated rings. The van der Waals surface area contributed by atoms with E-state index in [1.807, 2.05) is 47.4 Å². The molecule has 2 aromatic rings. The van der Waals surface area contributed by atoms with Gasteiger partial charge in [-0.15, -0.1) is 0 Å². The topological polar surface area (TPSA) is 41.6 Å². The van der Waals surface area contributed by atoms with Crippen molar-refractivity contribution in [3.8, 4) is 5.75 Å². The highest BCUT2D eigenvalue weighted by molar-refractivity contribution is 5.98. The van der Waals surface area contributed by atoms with Gasteiger partial charge in [-0.2, -0.15) is 0 Å². The molecule has 0 unspecified atom stereocenters. The van der Waals surface area contributed by atoms with Gasteiger partial charge in [-0.05, 0) is 36.6 Å². The third-order valence-corrected chi connectivity index (χ3v) is 3.94. The summed E-state index contributed by atoms with van der Waals surface area (Å²) < 4.78 is 5.61. The fourth-order valence-corrected chi connectivity index (χ4v) is 2.79. The highest BCUT2D eigenvalue weighted by Gasteiger charge is 2.23. The Bertz CT molecular complexity index is 685. The van der Waals surface area contributed by atoms with Crippen molar-refractivity contribution in [1.82, 2.24) is 0 Å². The van der Waals surface area contributed by atoms with Crippen LogP contribution in [0.3, 0.4) is 0 Å². The molecule has 1 aliphatic rings. The minimum Gasteiger partial charge on any atom is -0.494 e. The molecular formula is C19H22N2O2. The summed E-state index contributed by atoms with van der Waals surface area (Å²) in [6.45, 7) is 3.83. The Labute approximate surface area is 137 Å². The van der Waals surface area contributed by atoms with E-state index < -0.39 is 0 Å². The molecule has 4 heteroatoms. The second-order valence-electron chi connectivity index (χ2n) is 5.65. The van der Waals surface area contributed by atoms with Gasteiger partial charge < -0.3 is 15.0 Å². The molecule has 0 aromatic heterocycles. The molecule has 1 aliphatic heterocycles. The summed E-state index contributed by atoms with van der Waals surface area (Å²) in [6, 6.07) is 15.8. The number of hydrogen-bond acceptors (Lipinski definition) is 3. The Morgan fingerprint density at radius 1 is 1.22 bits per heavy atom. The van der Waals surface area contributed by atoms with E-state index in [2.05, 4.69) is 18.3 Å². The van der Waals surface area contributed by atoms with Crippen LogP contribution in [0.1, 0.15) is 18.9 Å². The molecular weight excluding hydrogens is 288 g/mol. The van der Waals surface area contributed by atoms with E-state index in [1.165, 1.54) is 5.56 Å². The number of carbonyl (C=O) groups is 1. The Morgan fingerprint density at radius 2 is 2.09 bits per heavy atom. The molecule has 1 heterocycles. The van der Waals surface area contributed by atoms with Crippen molar-refractivity contribution in [2.45, 2.75) is 19.8 Å². The summed E-state index contributed by atoms with van der Waals surface area (Å²) in [5, 5.41) is 3.20. The first kappa shape index (κ1) is 15.4. The predicted octanol–water partition coefficient (Wildman–Crippen LogP) is 3.48. The standard InChI is InChI=1S/C19H22N2O2/c1-2-12-23-17-8-5-7-16(13-17)20-14-19(22)21-11-10-15-6-3-4-9-18(15)21/h3-9,13,20H,2,10-12,14H2,1H3. The third kappa shape index (κ3) is 3.65. The van der Waals surface area contributed by atoms with Crippen molar-refractivity contribution < 1.29 is 9.53 Å². The van der Waals surface area contributed by atoms with Crippen LogP contribution in [0.5, 0.6) is 5.75 Å². The number of benzene rings is 2. The molecule has 3 rings (SSSR count). The molecule has 4 nitrogen and oxygen atoms in total. The summed E-state index contributed by atoms with van der Waals surface area (Å²) in [7, 11) is 0. The van der Waals surface area contributed by atoms with Crippen LogP contribution in [-0.4, -0.2) is 25.6 Å². The fraction of sp³-hybridized carbons (Fsp3) is 0.316. The van der Waals surface area contributed by atoms with Crippen LogP contribution in [-0.2, 0) is 11.2 Å². The molecule has 23 heavy (non-hydrogen) atoms. The number of nitrogens with one attached hydrogen (secondary N) is 1. The number of carbonyl (C=O) groups excluding carboxylic acids is 1. The van der Waals surface area contributed by atoms with Gasteiger partial charge in [0.05, 0.1) is 13.2 Å². The van der Waals surface area contributed by atoms with Crippen LogP contribution in [0.4, 0.5) is 11.4 Å².